The van der Waals surface area contributed by atoms with Crippen molar-refractivity contribution in [1.29, 1.82) is 0 Å². The molecule has 2 nitrogen and oxygen atoms in total. The van der Waals surface area contributed by atoms with Crippen molar-refractivity contribution < 1.29 is 4.74 Å². The summed E-state index contributed by atoms with van der Waals surface area (Å²) < 4.78 is 6.09. The number of nitrogens with zero attached hydrogens (tertiary/aromatic N) is 1. The molecule has 1 atom stereocenters. The zero-order chi connectivity index (χ0) is 21.8. The minimum absolute atomic E-state index is 0.408. The van der Waals surface area contributed by atoms with Crippen LogP contribution in [0.4, 0.5) is 0 Å². The van der Waals surface area contributed by atoms with E-state index in [1.165, 1.54) is 57.3 Å². The molecule has 2 fully saturated rings. The second kappa shape index (κ2) is 13.0. The Kier molecular flexibility index (Phi) is 10.7. The predicted molar refractivity (Wildman–Crippen MR) is 131 cm³/mol. The number of benzene rings is 1. The van der Waals surface area contributed by atoms with Crippen LogP contribution in [0.2, 0.25) is 0 Å². The van der Waals surface area contributed by atoms with Crippen molar-refractivity contribution in [3.05, 3.63) is 59.4 Å². The molecule has 3 aliphatic rings. The minimum Gasteiger partial charge on any atom is -0.494 e. The molecule has 0 radical (unpaired) electrons. The molecule has 2 heteroatoms. The van der Waals surface area contributed by atoms with Crippen LogP contribution in [0, 0.1) is 12.8 Å². The Morgan fingerprint density at radius 3 is 2.33 bits per heavy atom. The van der Waals surface area contributed by atoms with Gasteiger partial charge in [0, 0.05) is 24.4 Å². The highest BCUT2D eigenvalue weighted by atomic mass is 16.5. The van der Waals surface area contributed by atoms with E-state index in [0.29, 0.717) is 11.3 Å². The molecule has 0 bridgehead atoms. The van der Waals surface area contributed by atoms with E-state index in [0.717, 1.165) is 25.2 Å². The average molecular weight is 412 g/mol. The number of allylic oxidation sites excluding steroid dienone is 3. The molecule has 4 rings (SSSR count). The Labute approximate surface area is 186 Å². The smallest absolute Gasteiger partial charge is 0.115 e. The van der Waals surface area contributed by atoms with Crippen LogP contribution in [-0.2, 0) is 10.2 Å². The Bertz CT molecular complexity index is 654. The maximum absolute atomic E-state index is 6.09. The van der Waals surface area contributed by atoms with E-state index in [9.17, 15) is 0 Å². The Hall–Kier alpha value is -1.54. The quantitative estimate of drug-likeness (QED) is 0.482. The van der Waals surface area contributed by atoms with Gasteiger partial charge in [-0.05, 0) is 69.7 Å². The van der Waals surface area contributed by atoms with Crippen LogP contribution in [0.1, 0.15) is 83.8 Å². The Balaban J connectivity index is 0.000000757. The molecule has 0 aromatic heterocycles. The number of rotatable bonds is 6. The van der Waals surface area contributed by atoms with E-state index in [4.69, 9.17) is 4.74 Å². The summed E-state index contributed by atoms with van der Waals surface area (Å²) in [5, 5.41) is 0. The van der Waals surface area contributed by atoms with Gasteiger partial charge in [-0.1, -0.05) is 70.0 Å². The molecule has 1 aromatic rings. The molecular formula is C28H45NO. The van der Waals surface area contributed by atoms with E-state index in [2.05, 4.69) is 54.3 Å². The van der Waals surface area contributed by atoms with Crippen LogP contribution in [0.15, 0.2) is 48.3 Å². The monoisotopic (exact) mass is 411 g/mol. The third-order valence-electron chi connectivity index (χ3n) is 6.55. The lowest BCUT2D eigenvalue weighted by atomic mass is 9.64. The number of piperidine rings is 1. The summed E-state index contributed by atoms with van der Waals surface area (Å²) in [6.45, 7) is 14.8. The van der Waals surface area contributed by atoms with Gasteiger partial charge in [0.15, 0.2) is 0 Å². The third-order valence-corrected chi connectivity index (χ3v) is 6.55. The lowest BCUT2D eigenvalue weighted by molar-refractivity contribution is 0.0679. The van der Waals surface area contributed by atoms with Crippen LogP contribution >= 0.6 is 0 Å². The van der Waals surface area contributed by atoms with Gasteiger partial charge in [-0.2, -0.15) is 0 Å². The van der Waals surface area contributed by atoms with Crippen LogP contribution in [0.5, 0.6) is 0 Å². The predicted octanol–water partition coefficient (Wildman–Crippen LogP) is 7.43. The van der Waals surface area contributed by atoms with Gasteiger partial charge in [0.05, 0.1) is 6.61 Å². The van der Waals surface area contributed by atoms with Crippen LogP contribution < -0.4 is 0 Å². The Morgan fingerprint density at radius 2 is 1.73 bits per heavy atom. The number of likely N-dealkylation sites (tertiary alicyclic amines) is 1. The first kappa shape index (κ1) is 24.7. The Morgan fingerprint density at radius 1 is 1.00 bits per heavy atom. The lowest BCUT2D eigenvalue weighted by Crippen LogP contribution is -2.49. The van der Waals surface area contributed by atoms with Crippen molar-refractivity contribution in [3.8, 4) is 0 Å². The SMILES string of the molecule is CC.CC.Cc1ccc(C2(CN3CCCC(COC4=CCCC=C4)C3)CCC2)cc1. The van der Waals surface area contributed by atoms with Crippen molar-refractivity contribution in [2.75, 3.05) is 26.2 Å². The van der Waals surface area contributed by atoms with Crippen molar-refractivity contribution in [2.24, 2.45) is 5.92 Å². The van der Waals surface area contributed by atoms with Gasteiger partial charge in [0.1, 0.15) is 5.76 Å². The van der Waals surface area contributed by atoms with Gasteiger partial charge < -0.3 is 9.64 Å². The fourth-order valence-electron chi connectivity index (χ4n) is 4.82. The van der Waals surface area contributed by atoms with Gasteiger partial charge in [-0.25, -0.2) is 0 Å². The van der Waals surface area contributed by atoms with Crippen LogP contribution in [0.3, 0.4) is 0 Å². The second-order valence-corrected chi connectivity index (χ2v) is 8.64. The maximum Gasteiger partial charge on any atom is 0.115 e. The largest absolute Gasteiger partial charge is 0.494 e. The summed E-state index contributed by atoms with van der Waals surface area (Å²) in [7, 11) is 0. The fraction of sp³-hybridized carbons (Fsp3) is 0.643. The molecule has 1 saturated heterocycles. The number of ether oxygens (including phenoxy) is 1. The van der Waals surface area contributed by atoms with Crippen molar-refractivity contribution in [3.63, 3.8) is 0 Å². The molecule has 0 N–H and O–H groups in total. The maximum atomic E-state index is 6.09. The molecule has 0 amide bonds. The second-order valence-electron chi connectivity index (χ2n) is 8.64. The first-order valence-corrected chi connectivity index (χ1v) is 12.5. The molecular weight excluding hydrogens is 366 g/mol. The molecule has 1 aliphatic heterocycles. The number of hydrogen-bond donors (Lipinski definition) is 0. The molecule has 0 spiro atoms. The molecule has 30 heavy (non-hydrogen) atoms. The highest BCUT2D eigenvalue weighted by Gasteiger charge is 2.40. The topological polar surface area (TPSA) is 12.5 Å². The van der Waals surface area contributed by atoms with Crippen molar-refractivity contribution in [1.82, 2.24) is 4.90 Å². The first-order chi connectivity index (χ1) is 14.7. The van der Waals surface area contributed by atoms with Crippen molar-refractivity contribution in [2.45, 2.75) is 85.0 Å². The van der Waals surface area contributed by atoms with Crippen LogP contribution in [-0.4, -0.2) is 31.1 Å². The van der Waals surface area contributed by atoms with Crippen LogP contribution in [0.25, 0.3) is 0 Å². The first-order valence-electron chi connectivity index (χ1n) is 12.5. The highest BCUT2D eigenvalue weighted by Crippen LogP contribution is 2.44. The molecule has 1 aromatic carbocycles. The van der Waals surface area contributed by atoms with Gasteiger partial charge >= 0.3 is 0 Å². The van der Waals surface area contributed by atoms with Gasteiger partial charge in [-0.15, -0.1) is 0 Å². The molecule has 1 unspecified atom stereocenters. The van der Waals surface area contributed by atoms with E-state index >= 15 is 0 Å². The summed E-state index contributed by atoms with van der Waals surface area (Å²) >= 11 is 0. The third kappa shape index (κ3) is 6.74. The van der Waals surface area contributed by atoms with Gasteiger partial charge in [0.25, 0.3) is 0 Å². The molecule has 2 aliphatic carbocycles. The van der Waals surface area contributed by atoms with E-state index in [1.54, 1.807) is 5.56 Å². The van der Waals surface area contributed by atoms with Gasteiger partial charge in [-0.3, -0.25) is 0 Å². The highest BCUT2D eigenvalue weighted by molar-refractivity contribution is 5.31. The van der Waals surface area contributed by atoms with E-state index in [1.807, 2.05) is 27.7 Å². The summed E-state index contributed by atoms with van der Waals surface area (Å²) in [5.74, 6) is 1.76. The molecule has 168 valence electrons. The van der Waals surface area contributed by atoms with E-state index in [-0.39, 0.29) is 0 Å². The normalized spacial score (nSPS) is 22.4. The lowest BCUT2D eigenvalue weighted by Gasteiger charge is -2.47. The summed E-state index contributed by atoms with van der Waals surface area (Å²) in [4.78, 5) is 2.72. The average Bonchev–Trinajstić information content (AvgIpc) is 2.79. The van der Waals surface area contributed by atoms with E-state index < -0.39 is 0 Å². The standard InChI is InChI=1S/C24H33NO.2C2H6/c1-20-10-12-22(13-11-20)24(14-6-15-24)19-25-16-5-7-21(17-25)18-26-23-8-3-2-4-9-23;2*1-2/h3,8-13,21H,2,4-7,14-19H2,1H3;2*1-2H3. The fourth-order valence-corrected chi connectivity index (χ4v) is 4.82. The molecule has 1 heterocycles. The summed E-state index contributed by atoms with van der Waals surface area (Å²) in [6, 6.07) is 9.32. The zero-order valence-corrected chi connectivity index (χ0v) is 20.3. The molecule has 1 saturated carbocycles. The number of aryl methyl sites for hydroxylation is 1. The summed E-state index contributed by atoms with van der Waals surface area (Å²) in [6.07, 6.45) is 15.6. The zero-order valence-electron chi connectivity index (χ0n) is 20.3. The minimum atomic E-state index is 0.408. The summed E-state index contributed by atoms with van der Waals surface area (Å²) in [5.41, 5.74) is 3.33. The number of hydrogen-bond acceptors (Lipinski definition) is 2. The van der Waals surface area contributed by atoms with Crippen molar-refractivity contribution >= 4 is 0 Å². The van der Waals surface area contributed by atoms with Gasteiger partial charge in [0.2, 0.25) is 0 Å².